The maximum Gasteiger partial charge on any atom is 0.242 e. The van der Waals surface area contributed by atoms with Gasteiger partial charge in [0.05, 0.1) is 5.69 Å². The van der Waals surface area contributed by atoms with E-state index in [4.69, 9.17) is 5.73 Å². The summed E-state index contributed by atoms with van der Waals surface area (Å²) in [5.41, 5.74) is 6.35. The van der Waals surface area contributed by atoms with Crippen molar-refractivity contribution in [2.75, 3.05) is 6.54 Å². The first-order chi connectivity index (χ1) is 10.0. The van der Waals surface area contributed by atoms with Gasteiger partial charge in [-0.15, -0.1) is 5.10 Å². The average molecular weight is 295 g/mol. The largest absolute Gasteiger partial charge is 0.352 e. The molecule has 0 aliphatic carbocycles. The number of aromatic nitrogens is 3. The Morgan fingerprint density at radius 3 is 2.76 bits per heavy atom. The number of nitrogens with one attached hydrogen (secondary N) is 1. The van der Waals surface area contributed by atoms with E-state index in [0.717, 1.165) is 37.3 Å². The molecular formula is C15H29N5O. The second-order valence-electron chi connectivity index (χ2n) is 6.09. The van der Waals surface area contributed by atoms with Crippen molar-refractivity contribution in [2.24, 2.45) is 11.7 Å². The molecule has 0 aliphatic heterocycles. The molecule has 1 aromatic rings. The molecule has 1 aromatic heterocycles. The maximum atomic E-state index is 11.9. The first-order valence-corrected chi connectivity index (χ1v) is 7.89. The highest BCUT2D eigenvalue weighted by molar-refractivity contribution is 5.75. The van der Waals surface area contributed by atoms with Gasteiger partial charge in [0.15, 0.2) is 0 Å². The third-order valence-corrected chi connectivity index (χ3v) is 3.35. The van der Waals surface area contributed by atoms with E-state index < -0.39 is 0 Å². The van der Waals surface area contributed by atoms with Crippen molar-refractivity contribution in [3.05, 3.63) is 11.9 Å². The van der Waals surface area contributed by atoms with Crippen molar-refractivity contribution in [3.8, 4) is 0 Å². The van der Waals surface area contributed by atoms with Gasteiger partial charge in [0, 0.05) is 12.2 Å². The number of nitrogens with zero attached hydrogens (tertiary/aromatic N) is 3. The third kappa shape index (κ3) is 7.80. The van der Waals surface area contributed by atoms with Crippen molar-refractivity contribution >= 4 is 5.91 Å². The third-order valence-electron chi connectivity index (χ3n) is 3.35. The lowest BCUT2D eigenvalue weighted by atomic mass is 10.0. The fourth-order valence-corrected chi connectivity index (χ4v) is 2.19. The van der Waals surface area contributed by atoms with Gasteiger partial charge in [-0.1, -0.05) is 31.9 Å². The van der Waals surface area contributed by atoms with Gasteiger partial charge in [-0.25, -0.2) is 4.68 Å². The summed E-state index contributed by atoms with van der Waals surface area (Å²) in [5, 5.41) is 11.0. The molecule has 0 radical (unpaired) electrons. The van der Waals surface area contributed by atoms with Crippen LogP contribution in [0.3, 0.4) is 0 Å². The van der Waals surface area contributed by atoms with Crippen LogP contribution in [0.15, 0.2) is 6.20 Å². The lowest BCUT2D eigenvalue weighted by Crippen LogP contribution is -2.35. The topological polar surface area (TPSA) is 85.8 Å². The number of hydrogen-bond donors (Lipinski definition) is 2. The lowest BCUT2D eigenvalue weighted by Gasteiger charge is -2.14. The van der Waals surface area contributed by atoms with Gasteiger partial charge in [-0.3, -0.25) is 4.79 Å². The Kier molecular flexibility index (Phi) is 7.97. The highest BCUT2D eigenvalue weighted by Crippen LogP contribution is 2.08. The summed E-state index contributed by atoms with van der Waals surface area (Å²) in [4.78, 5) is 11.9. The van der Waals surface area contributed by atoms with Crippen molar-refractivity contribution in [1.82, 2.24) is 20.3 Å². The maximum absolute atomic E-state index is 11.9. The Hall–Kier alpha value is -1.43. The van der Waals surface area contributed by atoms with Crippen LogP contribution < -0.4 is 11.1 Å². The van der Waals surface area contributed by atoms with Crippen molar-refractivity contribution in [1.29, 1.82) is 0 Å². The quantitative estimate of drug-likeness (QED) is 0.685. The van der Waals surface area contributed by atoms with Gasteiger partial charge in [0.2, 0.25) is 5.91 Å². The van der Waals surface area contributed by atoms with Gasteiger partial charge in [0.25, 0.3) is 0 Å². The van der Waals surface area contributed by atoms with Crippen LogP contribution in [0, 0.1) is 5.92 Å². The molecule has 0 bridgehead atoms. The first-order valence-electron chi connectivity index (χ1n) is 7.89. The molecule has 1 atom stereocenters. The molecular weight excluding hydrogens is 266 g/mol. The molecule has 0 saturated carbocycles. The van der Waals surface area contributed by atoms with Crippen LogP contribution in [0.5, 0.6) is 0 Å². The second kappa shape index (κ2) is 9.50. The van der Waals surface area contributed by atoms with Gasteiger partial charge in [-0.05, 0) is 38.6 Å². The predicted octanol–water partition coefficient (Wildman–Crippen LogP) is 1.50. The fourth-order valence-electron chi connectivity index (χ4n) is 2.19. The minimum atomic E-state index is -0.0117. The Labute approximate surface area is 127 Å². The van der Waals surface area contributed by atoms with E-state index in [9.17, 15) is 4.79 Å². The zero-order valence-corrected chi connectivity index (χ0v) is 13.5. The zero-order chi connectivity index (χ0) is 15.7. The Bertz CT molecular complexity index is 416. The van der Waals surface area contributed by atoms with Gasteiger partial charge >= 0.3 is 0 Å². The predicted molar refractivity (Wildman–Crippen MR) is 83.7 cm³/mol. The van der Waals surface area contributed by atoms with E-state index in [-0.39, 0.29) is 18.5 Å². The van der Waals surface area contributed by atoms with Crippen LogP contribution in [-0.4, -0.2) is 33.5 Å². The number of nitrogens with two attached hydrogens (primary N) is 1. The number of carbonyl (C=O) groups excluding carboxylic acids is 1. The molecule has 21 heavy (non-hydrogen) atoms. The number of hydrogen-bond acceptors (Lipinski definition) is 4. The number of rotatable bonds is 10. The Balaban J connectivity index is 2.27. The highest BCUT2D eigenvalue weighted by atomic mass is 16.2. The summed E-state index contributed by atoms with van der Waals surface area (Å²) in [6.07, 6.45) is 6.88. The Morgan fingerprint density at radius 2 is 2.10 bits per heavy atom. The van der Waals surface area contributed by atoms with E-state index in [2.05, 4.69) is 29.5 Å². The average Bonchev–Trinajstić information content (AvgIpc) is 2.83. The summed E-state index contributed by atoms with van der Waals surface area (Å²) in [7, 11) is 0. The van der Waals surface area contributed by atoms with Crippen LogP contribution >= 0.6 is 0 Å². The molecule has 1 rings (SSSR count). The first kappa shape index (κ1) is 17.6. The zero-order valence-electron chi connectivity index (χ0n) is 13.5. The van der Waals surface area contributed by atoms with Crippen LogP contribution in [0.4, 0.5) is 0 Å². The van der Waals surface area contributed by atoms with E-state index in [1.807, 2.05) is 13.1 Å². The molecule has 3 N–H and O–H groups in total. The lowest BCUT2D eigenvalue weighted by molar-refractivity contribution is -0.122. The summed E-state index contributed by atoms with van der Waals surface area (Å²) < 4.78 is 1.59. The molecule has 1 amide bonds. The molecule has 1 unspecified atom stereocenters. The molecule has 0 fully saturated rings. The van der Waals surface area contributed by atoms with Crippen LogP contribution in [-0.2, 0) is 17.8 Å². The number of amides is 1. The number of aryl methyl sites for hydroxylation is 1. The van der Waals surface area contributed by atoms with Crippen LogP contribution in [0.25, 0.3) is 0 Å². The summed E-state index contributed by atoms with van der Waals surface area (Å²) in [6, 6.07) is 0.205. The molecule has 0 aromatic carbocycles. The monoisotopic (exact) mass is 295 g/mol. The molecule has 1 heterocycles. The van der Waals surface area contributed by atoms with Crippen LogP contribution in [0.2, 0.25) is 0 Å². The minimum absolute atomic E-state index is 0.0117. The Morgan fingerprint density at radius 1 is 1.33 bits per heavy atom. The SMILES string of the molecule is CC(C)CCCC(C)NC(=O)Cn1cc(CCCN)nn1. The summed E-state index contributed by atoms with van der Waals surface area (Å²) in [5.74, 6) is 0.706. The number of carbonyl (C=O) groups is 1. The summed E-state index contributed by atoms with van der Waals surface area (Å²) in [6.45, 7) is 7.35. The molecule has 0 spiro atoms. The molecule has 0 saturated heterocycles. The smallest absolute Gasteiger partial charge is 0.242 e. The van der Waals surface area contributed by atoms with E-state index >= 15 is 0 Å². The normalized spacial score (nSPS) is 12.6. The van der Waals surface area contributed by atoms with E-state index in [1.54, 1.807) is 4.68 Å². The van der Waals surface area contributed by atoms with Crippen molar-refractivity contribution in [2.45, 2.75) is 65.5 Å². The van der Waals surface area contributed by atoms with Crippen molar-refractivity contribution < 1.29 is 4.79 Å². The second-order valence-corrected chi connectivity index (χ2v) is 6.09. The van der Waals surface area contributed by atoms with Gasteiger partial charge in [-0.2, -0.15) is 0 Å². The highest BCUT2D eigenvalue weighted by Gasteiger charge is 2.09. The van der Waals surface area contributed by atoms with Crippen molar-refractivity contribution in [3.63, 3.8) is 0 Å². The fraction of sp³-hybridized carbons (Fsp3) is 0.800. The van der Waals surface area contributed by atoms with Gasteiger partial charge < -0.3 is 11.1 Å². The van der Waals surface area contributed by atoms with Gasteiger partial charge in [0.1, 0.15) is 6.54 Å². The molecule has 6 heteroatoms. The van der Waals surface area contributed by atoms with E-state index in [0.29, 0.717) is 6.54 Å². The van der Waals surface area contributed by atoms with Crippen LogP contribution in [0.1, 0.15) is 52.1 Å². The van der Waals surface area contributed by atoms with E-state index in [1.165, 1.54) is 6.42 Å². The standard InChI is InChI=1S/C15H29N5O/c1-12(2)6-4-7-13(3)17-15(21)11-20-10-14(18-19-20)8-5-9-16/h10,12-13H,4-9,11,16H2,1-3H3,(H,17,21). The minimum Gasteiger partial charge on any atom is -0.352 e. The molecule has 0 aliphatic rings. The molecule has 120 valence electrons. The molecule has 6 nitrogen and oxygen atoms in total. The summed E-state index contributed by atoms with van der Waals surface area (Å²) >= 11 is 0.